The summed E-state index contributed by atoms with van der Waals surface area (Å²) in [6.45, 7) is 0. The van der Waals surface area contributed by atoms with Gasteiger partial charge in [-0.05, 0) is 62.7 Å². The normalized spacial score (nSPS) is 11.5. The number of halogens is 4. The predicted octanol–water partition coefficient (Wildman–Crippen LogP) is 5.05. The summed E-state index contributed by atoms with van der Waals surface area (Å²) >= 11 is 5.66. The Morgan fingerprint density at radius 3 is 2.64 bits per heavy atom. The van der Waals surface area contributed by atoms with Crippen LogP contribution >= 0.6 is 56.5 Å². The van der Waals surface area contributed by atoms with Crippen LogP contribution in [0.5, 0.6) is 0 Å². The first-order valence-corrected chi connectivity index (χ1v) is 6.78. The highest BCUT2D eigenvalue weighted by molar-refractivity contribution is 14.1. The van der Waals surface area contributed by atoms with Crippen LogP contribution in [-0.2, 0) is 0 Å². The molecule has 5 heteroatoms. The molecule has 0 spiro atoms. The van der Waals surface area contributed by atoms with E-state index in [0.717, 1.165) is 12.5 Å². The van der Waals surface area contributed by atoms with Gasteiger partial charge in [-0.3, -0.25) is 0 Å². The van der Waals surface area contributed by atoms with Gasteiger partial charge in [-0.15, -0.1) is 11.3 Å². The average Bonchev–Trinajstić information content (AvgIpc) is 2.59. The molecule has 1 aromatic heterocycles. The minimum atomic E-state index is -2.39. The van der Waals surface area contributed by atoms with E-state index in [4.69, 9.17) is 0 Å². The second kappa shape index (κ2) is 4.17. The maximum atomic E-state index is 12.7. The Balaban J connectivity index is 2.84. The number of fused-ring (bicyclic) bond motifs is 1. The number of hydrogen-bond donors (Lipinski definition) is 0. The molecule has 2 aromatic rings. The molecule has 0 aliphatic rings. The topological polar surface area (TPSA) is 0 Å². The fourth-order valence-electron chi connectivity index (χ4n) is 1.26. The van der Waals surface area contributed by atoms with Crippen molar-refractivity contribution in [3.8, 4) is 0 Å². The van der Waals surface area contributed by atoms with Crippen molar-refractivity contribution in [3.05, 3.63) is 30.2 Å². The summed E-state index contributed by atoms with van der Waals surface area (Å²) in [7, 11) is 0. The van der Waals surface area contributed by atoms with Crippen LogP contribution in [0.15, 0.2) is 17.5 Å². The van der Waals surface area contributed by atoms with Crippen molar-refractivity contribution in [1.82, 2.24) is 0 Å². The van der Waals surface area contributed by atoms with Gasteiger partial charge in [-0.25, -0.2) is 8.78 Å². The highest BCUT2D eigenvalue weighted by Gasteiger charge is 2.16. The van der Waals surface area contributed by atoms with Crippen LogP contribution in [0.3, 0.4) is 0 Å². The molecule has 0 N–H and O–H groups in total. The monoisotopic (exact) mass is 436 g/mol. The highest BCUT2D eigenvalue weighted by Crippen LogP contribution is 2.36. The third kappa shape index (κ3) is 1.78. The molecule has 0 saturated heterocycles. The first kappa shape index (κ1) is 11.0. The van der Waals surface area contributed by atoms with Crippen LogP contribution in [0.25, 0.3) is 10.1 Å². The van der Waals surface area contributed by atoms with Crippen molar-refractivity contribution in [2.24, 2.45) is 0 Å². The quantitative estimate of drug-likeness (QED) is 0.550. The molecule has 0 aliphatic carbocycles. The maximum absolute atomic E-state index is 12.7. The second-order valence-corrected chi connectivity index (χ2v) is 5.88. The summed E-state index contributed by atoms with van der Waals surface area (Å²) in [5.74, 6) is 0. The molecule has 1 aromatic carbocycles. The molecule has 2 rings (SSSR count). The first-order chi connectivity index (χ1) is 6.61. The van der Waals surface area contributed by atoms with E-state index in [0.29, 0.717) is 4.70 Å². The lowest BCUT2D eigenvalue weighted by atomic mass is 10.2. The molecular weight excluding hydrogens is 432 g/mol. The smallest absolute Gasteiger partial charge is 0.205 e. The van der Waals surface area contributed by atoms with Gasteiger partial charge in [-0.1, -0.05) is 0 Å². The Morgan fingerprint density at radius 1 is 1.29 bits per heavy atom. The largest absolute Gasteiger partial charge is 0.265 e. The average molecular weight is 436 g/mol. The van der Waals surface area contributed by atoms with Gasteiger partial charge in [0.2, 0.25) is 0 Å². The highest BCUT2D eigenvalue weighted by atomic mass is 127. The lowest BCUT2D eigenvalue weighted by Crippen LogP contribution is -1.89. The third-order valence-electron chi connectivity index (χ3n) is 1.89. The van der Waals surface area contributed by atoms with Gasteiger partial charge >= 0.3 is 0 Å². The molecule has 0 radical (unpaired) electrons. The Morgan fingerprint density at radius 2 is 2.00 bits per heavy atom. The van der Waals surface area contributed by atoms with Gasteiger partial charge in [0.05, 0.1) is 0 Å². The number of hydrogen-bond acceptors (Lipinski definition) is 1. The Labute approximate surface area is 111 Å². The molecule has 0 fully saturated rings. The Bertz CT molecular complexity index is 479. The lowest BCUT2D eigenvalue weighted by Gasteiger charge is -2.05. The summed E-state index contributed by atoms with van der Waals surface area (Å²) < 4.78 is 28.0. The van der Waals surface area contributed by atoms with Crippen LogP contribution < -0.4 is 0 Å². The fraction of sp³-hybridized carbons (Fsp3) is 0.111. The third-order valence-corrected chi connectivity index (χ3v) is 5.90. The van der Waals surface area contributed by atoms with Crippen LogP contribution in [0.2, 0.25) is 0 Å². The molecule has 0 amide bonds. The zero-order valence-corrected chi connectivity index (χ0v) is 11.9. The van der Waals surface area contributed by atoms with E-state index in [1.807, 2.05) is 11.4 Å². The van der Waals surface area contributed by atoms with Crippen molar-refractivity contribution >= 4 is 66.6 Å². The minimum absolute atomic E-state index is 0.153. The zero-order valence-electron chi connectivity index (χ0n) is 6.73. The number of alkyl halides is 2. The molecule has 14 heavy (non-hydrogen) atoms. The molecule has 0 atom stereocenters. The molecule has 0 unspecified atom stereocenters. The van der Waals surface area contributed by atoms with Gasteiger partial charge in [0, 0.05) is 22.8 Å². The molecule has 74 valence electrons. The molecule has 0 nitrogen and oxygen atoms in total. The maximum Gasteiger partial charge on any atom is 0.265 e. The van der Waals surface area contributed by atoms with Crippen molar-refractivity contribution in [3.63, 3.8) is 0 Å². The summed E-state index contributed by atoms with van der Waals surface area (Å²) in [5, 5.41) is 2.80. The fourth-order valence-corrected chi connectivity index (χ4v) is 3.60. The summed E-state index contributed by atoms with van der Waals surface area (Å²) in [5.41, 5.74) is 0.153. The van der Waals surface area contributed by atoms with Crippen LogP contribution in [0.1, 0.15) is 12.0 Å². The van der Waals surface area contributed by atoms with E-state index < -0.39 is 6.43 Å². The molecule has 0 bridgehead atoms. The Hall–Kier alpha value is 0.500. The van der Waals surface area contributed by atoms with E-state index >= 15 is 0 Å². The summed E-state index contributed by atoms with van der Waals surface area (Å²) in [4.78, 5) is 0. The molecular formula is C9H4F2I2S. The van der Waals surface area contributed by atoms with Gasteiger partial charge < -0.3 is 0 Å². The van der Waals surface area contributed by atoms with Crippen molar-refractivity contribution in [1.29, 1.82) is 0 Å². The lowest BCUT2D eigenvalue weighted by molar-refractivity contribution is 0.153. The number of rotatable bonds is 1. The van der Waals surface area contributed by atoms with E-state index in [2.05, 4.69) is 45.2 Å². The number of benzene rings is 1. The molecule has 1 heterocycles. The van der Waals surface area contributed by atoms with Crippen LogP contribution in [-0.4, -0.2) is 0 Å². The van der Waals surface area contributed by atoms with Crippen molar-refractivity contribution in [2.75, 3.05) is 0 Å². The second-order valence-electron chi connectivity index (χ2n) is 2.73. The van der Waals surface area contributed by atoms with Gasteiger partial charge in [0.1, 0.15) is 0 Å². The SMILES string of the molecule is FC(F)c1cc(I)c(I)c2ccsc12. The zero-order chi connectivity index (χ0) is 10.3. The van der Waals surface area contributed by atoms with Crippen LogP contribution in [0.4, 0.5) is 8.78 Å². The van der Waals surface area contributed by atoms with E-state index in [9.17, 15) is 8.78 Å². The molecule has 0 aliphatic heterocycles. The van der Waals surface area contributed by atoms with Gasteiger partial charge in [0.25, 0.3) is 6.43 Å². The van der Waals surface area contributed by atoms with Crippen molar-refractivity contribution in [2.45, 2.75) is 6.43 Å². The van der Waals surface area contributed by atoms with Gasteiger partial charge in [0.15, 0.2) is 0 Å². The number of thiophene rings is 1. The van der Waals surface area contributed by atoms with E-state index in [-0.39, 0.29) is 5.56 Å². The van der Waals surface area contributed by atoms with Crippen molar-refractivity contribution < 1.29 is 8.78 Å². The summed E-state index contributed by atoms with van der Waals surface area (Å²) in [6, 6.07) is 3.47. The van der Waals surface area contributed by atoms with E-state index in [1.54, 1.807) is 6.07 Å². The first-order valence-electron chi connectivity index (χ1n) is 3.74. The van der Waals surface area contributed by atoms with Crippen LogP contribution in [0, 0.1) is 7.14 Å². The standard InChI is InChI=1S/C9H4F2I2S/c10-9(11)5-3-6(12)7(13)4-1-2-14-8(4)5/h1-3,9H. The summed E-state index contributed by atoms with van der Waals surface area (Å²) in [6.07, 6.45) is -2.39. The van der Waals surface area contributed by atoms with Gasteiger partial charge in [-0.2, -0.15) is 0 Å². The molecule has 0 saturated carbocycles. The van der Waals surface area contributed by atoms with E-state index in [1.165, 1.54) is 11.3 Å². The minimum Gasteiger partial charge on any atom is -0.205 e. The predicted molar refractivity (Wildman–Crippen MR) is 72.2 cm³/mol. The Kier molecular flexibility index (Phi) is 3.27.